The molecule has 34 heavy (non-hydrogen) atoms. The highest BCUT2D eigenvalue weighted by atomic mass is 15.1. The lowest BCUT2D eigenvalue weighted by Crippen LogP contribution is -2.42. The van der Waals surface area contributed by atoms with Gasteiger partial charge in [0.2, 0.25) is 0 Å². The number of fused-ring (bicyclic) bond motifs is 1. The van der Waals surface area contributed by atoms with Crippen molar-refractivity contribution in [2.45, 2.75) is 51.9 Å². The number of rotatable bonds is 4. The highest BCUT2D eigenvalue weighted by Gasteiger charge is 2.56. The van der Waals surface area contributed by atoms with E-state index >= 15 is 0 Å². The maximum absolute atomic E-state index is 8.72. The quantitative estimate of drug-likeness (QED) is 0.291. The summed E-state index contributed by atoms with van der Waals surface area (Å²) in [4.78, 5) is 1.90. The van der Waals surface area contributed by atoms with Crippen LogP contribution in [0.25, 0.3) is 11.1 Å². The number of anilines is 3. The molecule has 0 aliphatic heterocycles. The van der Waals surface area contributed by atoms with E-state index in [1.54, 1.807) is 24.3 Å². The Balaban J connectivity index is 1.97. The van der Waals surface area contributed by atoms with E-state index < -0.39 is 68.5 Å². The van der Waals surface area contributed by atoms with Crippen LogP contribution < -0.4 is 4.90 Å². The van der Waals surface area contributed by atoms with Crippen LogP contribution in [0.15, 0.2) is 103 Å². The Kier molecular flexibility index (Phi) is 2.26. The smallest absolute Gasteiger partial charge is 0.0467 e. The van der Waals surface area contributed by atoms with Gasteiger partial charge in [-0.3, -0.25) is 0 Å². The topological polar surface area (TPSA) is 3.24 Å². The molecule has 1 aliphatic rings. The zero-order valence-electron chi connectivity index (χ0n) is 36.3. The van der Waals surface area contributed by atoms with Crippen LogP contribution in [0.3, 0.4) is 0 Å². The minimum Gasteiger partial charge on any atom is -0.310 e. The van der Waals surface area contributed by atoms with Crippen molar-refractivity contribution in [2.75, 3.05) is 4.90 Å². The first-order chi connectivity index (χ1) is 23.6. The van der Waals surface area contributed by atoms with Gasteiger partial charge in [0.15, 0.2) is 0 Å². The maximum Gasteiger partial charge on any atom is 0.0467 e. The first-order valence-electron chi connectivity index (χ1n) is 19.8. The SMILES string of the molecule is [2H]C([2H])([2H])C1(C([2H])([2H])[2H])c2ccc(-c3cccc(N(c4ccccc4)c4ccccc4)c3)cc2C(C([2H])([2H])[2H])(C([2H])([2H])[2H])C1(C([2H])([2H])[2H])C([2H])([2H])[2H]. The van der Waals surface area contributed by atoms with E-state index in [1.165, 1.54) is 6.07 Å². The van der Waals surface area contributed by atoms with Crippen molar-refractivity contribution >= 4 is 17.1 Å². The number of para-hydroxylation sites is 2. The van der Waals surface area contributed by atoms with E-state index in [1.807, 2.05) is 65.6 Å². The molecule has 4 aromatic rings. The summed E-state index contributed by atoms with van der Waals surface area (Å²) in [6.07, 6.45) is 0. The van der Waals surface area contributed by atoms with Crippen LogP contribution in [0.4, 0.5) is 17.1 Å². The summed E-state index contributed by atoms with van der Waals surface area (Å²) >= 11 is 0. The fourth-order valence-electron chi connectivity index (χ4n) is 4.47. The predicted molar refractivity (Wildman–Crippen MR) is 146 cm³/mol. The van der Waals surface area contributed by atoms with E-state index in [0.717, 1.165) is 23.5 Å². The van der Waals surface area contributed by atoms with Crippen LogP contribution in [0.1, 0.15) is 76.9 Å². The first kappa shape index (κ1) is 9.74. The average molecular weight is 464 g/mol. The Morgan fingerprint density at radius 3 is 1.65 bits per heavy atom. The molecule has 0 saturated carbocycles. The van der Waals surface area contributed by atoms with Crippen molar-refractivity contribution in [1.82, 2.24) is 0 Å². The molecule has 0 N–H and O–H groups in total. The molecule has 0 fully saturated rings. The normalized spacial score (nSPS) is 27.3. The number of hydrogen-bond acceptors (Lipinski definition) is 1. The summed E-state index contributed by atoms with van der Waals surface area (Å²) < 4.78 is 156. The van der Waals surface area contributed by atoms with Crippen molar-refractivity contribution in [3.8, 4) is 11.1 Å². The minimum absolute atomic E-state index is 0.0522. The van der Waals surface area contributed by atoms with Gasteiger partial charge in [0, 0.05) is 41.7 Å². The molecule has 5 rings (SSSR count). The molecule has 4 aromatic carbocycles. The van der Waals surface area contributed by atoms with Crippen molar-refractivity contribution in [2.24, 2.45) is 5.41 Å². The zero-order valence-corrected chi connectivity index (χ0v) is 18.3. The minimum atomic E-state index is -4.44. The molecule has 0 atom stereocenters. The van der Waals surface area contributed by atoms with Gasteiger partial charge >= 0.3 is 0 Å². The van der Waals surface area contributed by atoms with E-state index in [-0.39, 0.29) is 5.56 Å². The Bertz CT molecular complexity index is 1830. The Labute approximate surface area is 230 Å². The van der Waals surface area contributed by atoms with Gasteiger partial charge in [-0.1, -0.05) is 108 Å². The summed E-state index contributed by atoms with van der Waals surface area (Å²) in [5.74, 6) is 0. The van der Waals surface area contributed by atoms with E-state index in [0.29, 0.717) is 11.3 Å². The molecule has 1 aliphatic carbocycles. The van der Waals surface area contributed by atoms with Crippen molar-refractivity contribution < 1.29 is 24.7 Å². The lowest BCUT2D eigenvalue weighted by molar-refractivity contribution is 0.125. The summed E-state index contributed by atoms with van der Waals surface area (Å²) in [6, 6.07) is 28.2. The largest absolute Gasteiger partial charge is 0.310 e. The van der Waals surface area contributed by atoms with Gasteiger partial charge in [0.25, 0.3) is 0 Å². The van der Waals surface area contributed by atoms with Gasteiger partial charge in [-0.2, -0.15) is 0 Å². The third-order valence-corrected chi connectivity index (χ3v) is 6.42. The zero-order chi connectivity index (χ0) is 39.1. The molecular weight excluding hydrogens is 410 g/mol. The third-order valence-electron chi connectivity index (χ3n) is 6.42. The van der Waals surface area contributed by atoms with Gasteiger partial charge in [-0.05, 0) is 74.9 Å². The van der Waals surface area contributed by atoms with Crippen molar-refractivity contribution in [3.05, 3.63) is 114 Å². The summed E-state index contributed by atoms with van der Waals surface area (Å²) in [5.41, 5.74) is -12.1. The van der Waals surface area contributed by atoms with Gasteiger partial charge in [-0.15, -0.1) is 0 Å². The molecule has 0 bridgehead atoms. The molecule has 1 nitrogen and oxygen atoms in total. The molecule has 1 heteroatoms. The number of nitrogens with zero attached hydrogens (tertiary/aromatic N) is 1. The van der Waals surface area contributed by atoms with Gasteiger partial charge in [-0.25, -0.2) is 0 Å². The van der Waals surface area contributed by atoms with Gasteiger partial charge < -0.3 is 4.90 Å². The van der Waals surface area contributed by atoms with Gasteiger partial charge in [0.05, 0.1) is 0 Å². The van der Waals surface area contributed by atoms with Gasteiger partial charge in [0.1, 0.15) is 0 Å². The standard InChI is InChI=1S/C33H35N/c1-31(2)29-21-20-25(23-30(29)32(3,4)33(31,5)6)24-14-13-19-28(22-24)34(26-15-9-7-10-16-26)27-17-11-8-12-18-27/h7-23H,1-6H3/i1D3,2D3,3D3,4D3,5D3,6D3. The van der Waals surface area contributed by atoms with E-state index in [2.05, 4.69) is 0 Å². The molecule has 0 amide bonds. The molecule has 172 valence electrons. The second kappa shape index (κ2) is 7.87. The second-order valence-electron chi connectivity index (χ2n) is 8.57. The fraction of sp³-hybridized carbons (Fsp3) is 0.273. The molecule has 0 radical (unpaired) electrons. The molecule has 0 spiro atoms. The fourth-order valence-corrected chi connectivity index (χ4v) is 4.47. The third kappa shape index (κ3) is 3.29. The van der Waals surface area contributed by atoms with Crippen LogP contribution in [0.2, 0.25) is 0 Å². The number of benzene rings is 4. The van der Waals surface area contributed by atoms with Crippen LogP contribution in [0.5, 0.6) is 0 Å². The van der Waals surface area contributed by atoms with Crippen molar-refractivity contribution in [1.29, 1.82) is 0 Å². The Morgan fingerprint density at radius 2 is 1.06 bits per heavy atom. The molecule has 0 heterocycles. The lowest BCUT2D eigenvalue weighted by Gasteiger charge is -2.44. The molecule has 0 unspecified atom stereocenters. The maximum atomic E-state index is 8.72. The van der Waals surface area contributed by atoms with Crippen LogP contribution >= 0.6 is 0 Å². The summed E-state index contributed by atoms with van der Waals surface area (Å²) in [6.45, 7) is -25.1. The summed E-state index contributed by atoms with van der Waals surface area (Å²) in [5, 5.41) is 0. The van der Waals surface area contributed by atoms with Crippen LogP contribution in [0, 0.1) is 5.41 Å². The second-order valence-corrected chi connectivity index (χ2v) is 8.57. The molecule has 0 saturated heterocycles. The summed E-state index contributed by atoms with van der Waals surface area (Å²) in [7, 11) is 0. The first-order valence-corrected chi connectivity index (χ1v) is 10.8. The number of hydrogen-bond donors (Lipinski definition) is 0. The van der Waals surface area contributed by atoms with Crippen LogP contribution in [-0.4, -0.2) is 0 Å². The molecular formula is C33H35N. The van der Waals surface area contributed by atoms with Crippen LogP contribution in [-0.2, 0) is 10.8 Å². The Hall–Kier alpha value is -3.32. The highest BCUT2D eigenvalue weighted by molar-refractivity contribution is 5.80. The van der Waals surface area contributed by atoms with Crippen molar-refractivity contribution in [3.63, 3.8) is 0 Å². The monoisotopic (exact) mass is 463 g/mol. The molecule has 0 aromatic heterocycles. The Morgan fingerprint density at radius 1 is 0.500 bits per heavy atom. The predicted octanol–water partition coefficient (Wildman–Crippen LogP) is 9.42. The lowest BCUT2D eigenvalue weighted by atomic mass is 9.59. The average Bonchev–Trinajstić information content (AvgIpc) is 3.30. The van der Waals surface area contributed by atoms with E-state index in [4.69, 9.17) is 24.7 Å². The van der Waals surface area contributed by atoms with E-state index in [9.17, 15) is 0 Å². The highest BCUT2D eigenvalue weighted by Crippen LogP contribution is 2.61.